The van der Waals surface area contributed by atoms with Crippen molar-refractivity contribution >= 4 is 17.9 Å². The molecule has 0 bridgehead atoms. The number of unbranched alkanes of at least 4 members (excludes halogenated alkanes) is 19. The Bertz CT molecular complexity index is 1490. The van der Waals surface area contributed by atoms with Crippen LogP contribution in [-0.4, -0.2) is 37.2 Å². The van der Waals surface area contributed by atoms with Crippen LogP contribution in [0.15, 0.2) is 122 Å². The number of ether oxygens (including phenoxy) is 3. The molecule has 0 heterocycles. The van der Waals surface area contributed by atoms with E-state index in [1.165, 1.54) is 57.8 Å². The molecule has 0 spiro atoms. The fourth-order valence-corrected chi connectivity index (χ4v) is 7.45. The molecule has 0 N–H and O–H groups in total. The molecule has 0 saturated heterocycles. The molecule has 0 rings (SSSR count). The normalized spacial score (nSPS) is 13.0. The number of hydrogen-bond acceptors (Lipinski definition) is 6. The van der Waals surface area contributed by atoms with E-state index in [1.54, 1.807) is 0 Å². The average Bonchev–Trinajstić information content (AvgIpc) is 3.36. The van der Waals surface area contributed by atoms with Gasteiger partial charge in [-0.1, -0.05) is 219 Å². The first kappa shape index (κ1) is 65.8. The summed E-state index contributed by atoms with van der Waals surface area (Å²) >= 11 is 0. The summed E-state index contributed by atoms with van der Waals surface area (Å²) in [6.45, 7) is 6.34. The number of carbonyl (C=O) groups excluding carboxylic acids is 3. The maximum Gasteiger partial charge on any atom is 0.306 e. The molecule has 6 nitrogen and oxygen atoms in total. The lowest BCUT2D eigenvalue weighted by molar-refractivity contribution is -0.167. The second-order valence-corrected chi connectivity index (χ2v) is 18.4. The molecule has 0 saturated carbocycles. The van der Waals surface area contributed by atoms with Crippen molar-refractivity contribution in [3.63, 3.8) is 0 Å². The minimum absolute atomic E-state index is 0.104. The number of hydrogen-bond donors (Lipinski definition) is 0. The minimum atomic E-state index is -0.808. The van der Waals surface area contributed by atoms with E-state index in [2.05, 4.69) is 142 Å². The van der Waals surface area contributed by atoms with Crippen molar-refractivity contribution in [1.82, 2.24) is 0 Å². The molecule has 0 aliphatic heterocycles. The number of carbonyl (C=O) groups is 3. The van der Waals surface area contributed by atoms with Crippen LogP contribution in [0.2, 0.25) is 0 Å². The summed E-state index contributed by atoms with van der Waals surface area (Å²) in [5.74, 6) is -0.962. The monoisotopic (exact) mass is 969 g/mol. The Labute approximate surface area is 431 Å². The molecule has 0 aromatic rings. The van der Waals surface area contributed by atoms with Gasteiger partial charge in [0.15, 0.2) is 6.10 Å². The first-order chi connectivity index (χ1) is 34.5. The van der Waals surface area contributed by atoms with Crippen molar-refractivity contribution in [2.45, 2.75) is 252 Å². The van der Waals surface area contributed by atoms with Crippen LogP contribution in [0.1, 0.15) is 245 Å². The topological polar surface area (TPSA) is 78.9 Å². The maximum absolute atomic E-state index is 12.9. The van der Waals surface area contributed by atoms with Gasteiger partial charge in [0.05, 0.1) is 0 Å². The molecule has 0 fully saturated rings. The van der Waals surface area contributed by atoms with Crippen LogP contribution in [0, 0.1) is 0 Å². The molecule has 6 heteroatoms. The van der Waals surface area contributed by atoms with Crippen molar-refractivity contribution < 1.29 is 28.6 Å². The van der Waals surface area contributed by atoms with Gasteiger partial charge in [-0.3, -0.25) is 14.4 Å². The number of allylic oxidation sites excluding steroid dienone is 20. The SMILES string of the molecule is CC/C=C\C/C=C\C/C=C\C/C=C\C/C=C\CCCCCC(=O)OCC(COC(=O)CCCCCCC/C=C\C/C=C\C/C=C\CC)OC(=O)CCCCCCCCC/C=C\C/C=C\CCCCCC. The van der Waals surface area contributed by atoms with Crippen LogP contribution in [0.25, 0.3) is 0 Å². The molecule has 0 radical (unpaired) electrons. The number of rotatable bonds is 50. The molecule has 396 valence electrons. The van der Waals surface area contributed by atoms with Gasteiger partial charge in [-0.2, -0.15) is 0 Å². The molecule has 0 aliphatic rings. The summed E-state index contributed by atoms with van der Waals surface area (Å²) in [7, 11) is 0. The highest BCUT2D eigenvalue weighted by molar-refractivity contribution is 5.71. The van der Waals surface area contributed by atoms with Crippen LogP contribution in [0.5, 0.6) is 0 Å². The molecule has 0 aromatic heterocycles. The van der Waals surface area contributed by atoms with Crippen molar-refractivity contribution in [3.8, 4) is 0 Å². The maximum atomic E-state index is 12.9. The first-order valence-electron chi connectivity index (χ1n) is 28.5. The standard InChI is InChI=1S/C64H104O6/c1-4-7-10-13-16-19-22-25-28-30-32-34-36-39-42-45-48-51-54-57-63(66)69-60-61(59-68-62(65)56-53-50-47-44-41-38-35-27-24-21-18-15-12-9-6-3)70-64(67)58-55-52-49-46-43-40-37-33-31-29-26-23-20-17-14-11-8-5-2/h7,9-10,12,16,18-21,23,25,27-29,31-32,34-35,39,42,61H,4-6,8,11,13-15,17,22,24,26,30,33,36-38,40-41,43-60H2,1-3H3/b10-7-,12-9-,19-16-,21-18-,23-20-,28-25-,31-29-,34-32-,35-27-,42-39-. The van der Waals surface area contributed by atoms with Gasteiger partial charge in [-0.05, 0) is 128 Å². The molecule has 70 heavy (non-hydrogen) atoms. The van der Waals surface area contributed by atoms with Crippen LogP contribution in [0.4, 0.5) is 0 Å². The minimum Gasteiger partial charge on any atom is -0.462 e. The van der Waals surface area contributed by atoms with Crippen LogP contribution >= 0.6 is 0 Å². The van der Waals surface area contributed by atoms with Gasteiger partial charge in [0.2, 0.25) is 0 Å². The lowest BCUT2D eigenvalue weighted by Gasteiger charge is -2.18. The fraction of sp³-hybridized carbons (Fsp3) is 0.641. The highest BCUT2D eigenvalue weighted by Gasteiger charge is 2.19. The third-order valence-electron chi connectivity index (χ3n) is 11.7. The van der Waals surface area contributed by atoms with Gasteiger partial charge < -0.3 is 14.2 Å². The Hall–Kier alpha value is -4.19. The molecule has 1 unspecified atom stereocenters. The second-order valence-electron chi connectivity index (χ2n) is 18.4. The van der Waals surface area contributed by atoms with Gasteiger partial charge in [0.1, 0.15) is 13.2 Å². The largest absolute Gasteiger partial charge is 0.462 e. The van der Waals surface area contributed by atoms with E-state index in [4.69, 9.17) is 14.2 Å². The zero-order valence-electron chi connectivity index (χ0n) is 45.2. The Morgan fingerprint density at radius 1 is 0.300 bits per heavy atom. The summed E-state index contributed by atoms with van der Waals surface area (Å²) < 4.78 is 16.8. The predicted molar refractivity (Wildman–Crippen MR) is 302 cm³/mol. The third-order valence-corrected chi connectivity index (χ3v) is 11.7. The van der Waals surface area contributed by atoms with Crippen LogP contribution < -0.4 is 0 Å². The smallest absolute Gasteiger partial charge is 0.306 e. The Morgan fingerprint density at radius 3 is 0.886 bits per heavy atom. The molecule has 0 aliphatic carbocycles. The van der Waals surface area contributed by atoms with Gasteiger partial charge >= 0.3 is 17.9 Å². The molecule has 1 atom stereocenters. The van der Waals surface area contributed by atoms with Crippen LogP contribution in [0.3, 0.4) is 0 Å². The summed E-state index contributed by atoms with van der Waals surface area (Å²) in [6, 6.07) is 0. The average molecular weight is 970 g/mol. The van der Waals surface area contributed by atoms with Crippen molar-refractivity contribution in [1.29, 1.82) is 0 Å². The summed E-state index contributed by atoms with van der Waals surface area (Å²) in [4.78, 5) is 38.2. The van der Waals surface area contributed by atoms with E-state index in [-0.39, 0.29) is 31.1 Å². The van der Waals surface area contributed by atoms with E-state index in [1.807, 2.05) is 0 Å². The third kappa shape index (κ3) is 54.7. The van der Waals surface area contributed by atoms with Crippen LogP contribution in [-0.2, 0) is 28.6 Å². The lowest BCUT2D eigenvalue weighted by Crippen LogP contribution is -2.30. The van der Waals surface area contributed by atoms with Crippen molar-refractivity contribution in [2.24, 2.45) is 0 Å². The highest BCUT2D eigenvalue weighted by Crippen LogP contribution is 2.14. The van der Waals surface area contributed by atoms with E-state index >= 15 is 0 Å². The Morgan fingerprint density at radius 2 is 0.557 bits per heavy atom. The second kappa shape index (κ2) is 57.4. The summed E-state index contributed by atoms with van der Waals surface area (Å²) in [5, 5.41) is 0. The Balaban J connectivity index is 4.50. The van der Waals surface area contributed by atoms with Gasteiger partial charge in [0, 0.05) is 19.3 Å². The quantitative estimate of drug-likeness (QED) is 0.0262. The van der Waals surface area contributed by atoms with E-state index in [9.17, 15) is 14.4 Å². The molecular weight excluding hydrogens is 865 g/mol. The van der Waals surface area contributed by atoms with Gasteiger partial charge in [-0.25, -0.2) is 0 Å². The van der Waals surface area contributed by atoms with Crippen molar-refractivity contribution in [2.75, 3.05) is 13.2 Å². The van der Waals surface area contributed by atoms with E-state index < -0.39 is 6.10 Å². The molecule has 0 aromatic carbocycles. The van der Waals surface area contributed by atoms with Crippen molar-refractivity contribution in [3.05, 3.63) is 122 Å². The Kier molecular flexibility index (Phi) is 54.0. The highest BCUT2D eigenvalue weighted by atomic mass is 16.6. The predicted octanol–water partition coefficient (Wildman–Crippen LogP) is 19.3. The summed E-state index contributed by atoms with van der Waals surface area (Å²) in [5.41, 5.74) is 0. The lowest BCUT2D eigenvalue weighted by atomic mass is 10.1. The van der Waals surface area contributed by atoms with E-state index in [0.717, 1.165) is 148 Å². The zero-order valence-corrected chi connectivity index (χ0v) is 45.2. The zero-order chi connectivity index (χ0) is 50.7. The fourth-order valence-electron chi connectivity index (χ4n) is 7.45. The molecular formula is C64H104O6. The van der Waals surface area contributed by atoms with E-state index in [0.29, 0.717) is 19.3 Å². The number of esters is 3. The first-order valence-corrected chi connectivity index (χ1v) is 28.5. The van der Waals surface area contributed by atoms with Gasteiger partial charge in [-0.15, -0.1) is 0 Å². The molecule has 0 amide bonds. The van der Waals surface area contributed by atoms with Gasteiger partial charge in [0.25, 0.3) is 0 Å². The summed E-state index contributed by atoms with van der Waals surface area (Å²) in [6.07, 6.45) is 79.0.